The first kappa shape index (κ1) is 21.7. The Labute approximate surface area is 193 Å². The lowest BCUT2D eigenvalue weighted by Gasteiger charge is -2.20. The minimum atomic E-state index is -0.247. The number of fused-ring (bicyclic) bond motifs is 1. The van der Waals surface area contributed by atoms with E-state index in [4.69, 9.17) is 11.6 Å². The van der Waals surface area contributed by atoms with Crippen LogP contribution < -0.4 is 4.90 Å². The summed E-state index contributed by atoms with van der Waals surface area (Å²) in [5.74, 6) is 0.542. The van der Waals surface area contributed by atoms with Crippen molar-refractivity contribution in [1.29, 1.82) is 0 Å². The molecule has 0 radical (unpaired) electrons. The van der Waals surface area contributed by atoms with Gasteiger partial charge in [-0.1, -0.05) is 22.9 Å². The van der Waals surface area contributed by atoms with Gasteiger partial charge in [-0.15, -0.1) is 11.8 Å². The number of hydrogen-bond acceptors (Lipinski definition) is 5. The first-order chi connectivity index (χ1) is 15.1. The van der Waals surface area contributed by atoms with Crippen LogP contribution in [0.25, 0.3) is 10.2 Å². The SMILES string of the molecule is O=C(CCCSc1ccc(F)cc1)N(Cc1ccncc1)c1nc2ccc(Cl)cc2s1. The van der Waals surface area contributed by atoms with Gasteiger partial charge in [0.2, 0.25) is 5.91 Å². The summed E-state index contributed by atoms with van der Waals surface area (Å²) in [4.78, 5) is 24.6. The third-order valence-electron chi connectivity index (χ3n) is 4.58. The minimum absolute atomic E-state index is 0.0154. The lowest BCUT2D eigenvalue weighted by molar-refractivity contribution is -0.118. The van der Waals surface area contributed by atoms with E-state index in [1.807, 2.05) is 24.3 Å². The van der Waals surface area contributed by atoms with Crippen LogP contribution in [0.1, 0.15) is 18.4 Å². The van der Waals surface area contributed by atoms with Gasteiger partial charge in [-0.05, 0) is 72.3 Å². The number of nitrogens with zero attached hydrogens (tertiary/aromatic N) is 3. The van der Waals surface area contributed by atoms with Gasteiger partial charge in [0.15, 0.2) is 5.13 Å². The first-order valence-electron chi connectivity index (χ1n) is 9.72. The average Bonchev–Trinajstić information content (AvgIpc) is 3.19. The maximum absolute atomic E-state index is 13.1. The second kappa shape index (κ2) is 10.2. The molecule has 0 atom stereocenters. The van der Waals surface area contributed by atoms with Gasteiger partial charge in [-0.2, -0.15) is 0 Å². The van der Waals surface area contributed by atoms with E-state index in [2.05, 4.69) is 9.97 Å². The summed E-state index contributed by atoms with van der Waals surface area (Å²) in [6, 6.07) is 15.7. The summed E-state index contributed by atoms with van der Waals surface area (Å²) in [6.07, 6.45) is 4.55. The second-order valence-corrected chi connectivity index (χ2v) is 9.46. The number of hydrogen-bond donors (Lipinski definition) is 0. The molecular weight excluding hydrogens is 453 g/mol. The number of benzene rings is 2. The molecule has 8 heteroatoms. The highest BCUT2D eigenvalue weighted by Crippen LogP contribution is 2.32. The standard InChI is InChI=1S/C23H19ClFN3OS2/c24-17-3-8-20-21(14-17)31-23(27-20)28(15-16-9-11-26-12-10-16)22(29)2-1-13-30-19-6-4-18(25)5-7-19/h3-12,14H,1-2,13,15H2. The molecule has 0 N–H and O–H groups in total. The fourth-order valence-corrected chi connectivity index (χ4v) is 5.13. The molecule has 158 valence electrons. The molecule has 31 heavy (non-hydrogen) atoms. The maximum Gasteiger partial charge on any atom is 0.229 e. The molecule has 0 spiro atoms. The Morgan fingerprint density at radius 1 is 1.10 bits per heavy atom. The van der Waals surface area contributed by atoms with Crippen LogP contribution in [-0.4, -0.2) is 21.6 Å². The molecule has 2 heterocycles. The van der Waals surface area contributed by atoms with E-state index in [-0.39, 0.29) is 11.7 Å². The van der Waals surface area contributed by atoms with Gasteiger partial charge in [0.1, 0.15) is 5.82 Å². The fourth-order valence-electron chi connectivity index (χ4n) is 3.01. The van der Waals surface area contributed by atoms with E-state index < -0.39 is 0 Å². The number of amides is 1. The van der Waals surface area contributed by atoms with Gasteiger partial charge in [-0.25, -0.2) is 9.37 Å². The van der Waals surface area contributed by atoms with Gasteiger partial charge >= 0.3 is 0 Å². The smallest absolute Gasteiger partial charge is 0.229 e. The number of thiazole rings is 1. The Kier molecular flexibility index (Phi) is 7.17. The van der Waals surface area contributed by atoms with Crippen molar-refractivity contribution in [1.82, 2.24) is 9.97 Å². The molecule has 1 amide bonds. The van der Waals surface area contributed by atoms with Crippen molar-refractivity contribution in [2.24, 2.45) is 0 Å². The monoisotopic (exact) mass is 471 g/mol. The van der Waals surface area contributed by atoms with Crippen LogP contribution in [0.15, 0.2) is 71.9 Å². The zero-order valence-corrected chi connectivity index (χ0v) is 18.9. The number of thioether (sulfide) groups is 1. The predicted octanol–water partition coefficient (Wildman–Crippen LogP) is 6.59. The van der Waals surface area contributed by atoms with Crippen molar-refractivity contribution in [3.8, 4) is 0 Å². The first-order valence-corrected chi connectivity index (χ1v) is 11.9. The number of carbonyl (C=O) groups excluding carboxylic acids is 1. The molecule has 2 aromatic carbocycles. The van der Waals surface area contributed by atoms with Crippen LogP contribution in [0.4, 0.5) is 9.52 Å². The number of carbonyl (C=O) groups is 1. The molecule has 4 rings (SSSR count). The summed E-state index contributed by atoms with van der Waals surface area (Å²) in [5.41, 5.74) is 1.81. The third-order valence-corrected chi connectivity index (χ3v) is 6.95. The zero-order chi connectivity index (χ0) is 21.6. The molecule has 0 aliphatic heterocycles. The number of halogens is 2. The van der Waals surface area contributed by atoms with E-state index in [0.29, 0.717) is 29.5 Å². The van der Waals surface area contributed by atoms with Crippen LogP contribution >= 0.6 is 34.7 Å². The van der Waals surface area contributed by atoms with Crippen molar-refractivity contribution in [2.75, 3.05) is 10.7 Å². The van der Waals surface area contributed by atoms with Gasteiger partial charge in [0.05, 0.1) is 16.8 Å². The van der Waals surface area contributed by atoms with Crippen molar-refractivity contribution in [3.05, 3.63) is 83.4 Å². The van der Waals surface area contributed by atoms with Crippen molar-refractivity contribution < 1.29 is 9.18 Å². The van der Waals surface area contributed by atoms with E-state index in [0.717, 1.165) is 26.4 Å². The van der Waals surface area contributed by atoms with Crippen molar-refractivity contribution in [3.63, 3.8) is 0 Å². The molecule has 0 aliphatic rings. The quantitative estimate of drug-likeness (QED) is 0.215. The maximum atomic E-state index is 13.1. The summed E-state index contributed by atoms with van der Waals surface area (Å²) >= 11 is 9.18. The molecule has 0 fully saturated rings. The van der Waals surface area contributed by atoms with Crippen LogP contribution in [0.5, 0.6) is 0 Å². The number of pyridine rings is 1. The summed E-state index contributed by atoms with van der Waals surface area (Å²) in [7, 11) is 0. The number of aromatic nitrogens is 2. The molecule has 0 bridgehead atoms. The van der Waals surface area contributed by atoms with E-state index in [1.165, 1.54) is 23.5 Å². The molecule has 0 unspecified atom stereocenters. The molecule has 4 nitrogen and oxygen atoms in total. The van der Waals surface area contributed by atoms with Crippen LogP contribution in [-0.2, 0) is 11.3 Å². The summed E-state index contributed by atoms with van der Waals surface area (Å²) in [5, 5.41) is 1.30. The molecule has 2 aromatic heterocycles. The van der Waals surface area contributed by atoms with Crippen LogP contribution in [0, 0.1) is 5.82 Å². The zero-order valence-electron chi connectivity index (χ0n) is 16.5. The molecule has 0 aliphatic carbocycles. The highest BCUT2D eigenvalue weighted by molar-refractivity contribution is 7.99. The summed E-state index contributed by atoms with van der Waals surface area (Å²) in [6.45, 7) is 0.431. The van der Waals surface area contributed by atoms with Crippen LogP contribution in [0.3, 0.4) is 0 Å². The van der Waals surface area contributed by atoms with Gasteiger partial charge < -0.3 is 0 Å². The lowest BCUT2D eigenvalue weighted by atomic mass is 10.2. The van der Waals surface area contributed by atoms with Gasteiger partial charge in [0.25, 0.3) is 0 Å². The molecular formula is C23H19ClFN3OS2. The highest BCUT2D eigenvalue weighted by Gasteiger charge is 2.20. The Morgan fingerprint density at radius 2 is 1.87 bits per heavy atom. The normalized spacial score (nSPS) is 11.0. The van der Waals surface area contributed by atoms with Crippen LogP contribution in [0.2, 0.25) is 5.02 Å². The van der Waals surface area contributed by atoms with Gasteiger partial charge in [-0.3, -0.25) is 14.7 Å². The number of rotatable bonds is 8. The van der Waals surface area contributed by atoms with Gasteiger partial charge in [0, 0.05) is 28.7 Å². The Balaban J connectivity index is 1.46. The topological polar surface area (TPSA) is 46.1 Å². The number of anilines is 1. The summed E-state index contributed by atoms with van der Waals surface area (Å²) < 4.78 is 14.0. The Bertz CT molecular complexity index is 1170. The Hall–Kier alpha value is -2.48. The second-order valence-electron chi connectivity index (χ2n) is 6.85. The predicted molar refractivity (Wildman–Crippen MR) is 126 cm³/mol. The third kappa shape index (κ3) is 5.81. The van der Waals surface area contributed by atoms with Crippen molar-refractivity contribution >= 4 is 56.0 Å². The average molecular weight is 472 g/mol. The van der Waals surface area contributed by atoms with E-state index in [9.17, 15) is 9.18 Å². The molecule has 0 saturated carbocycles. The highest BCUT2D eigenvalue weighted by atomic mass is 35.5. The van der Waals surface area contributed by atoms with E-state index >= 15 is 0 Å². The largest absolute Gasteiger partial charge is 0.284 e. The molecule has 4 aromatic rings. The van der Waals surface area contributed by atoms with Crippen molar-refractivity contribution in [2.45, 2.75) is 24.3 Å². The molecule has 0 saturated heterocycles. The Morgan fingerprint density at radius 3 is 2.65 bits per heavy atom. The lowest BCUT2D eigenvalue weighted by Crippen LogP contribution is -2.30. The van der Waals surface area contributed by atoms with E-state index in [1.54, 1.807) is 47.3 Å². The minimum Gasteiger partial charge on any atom is -0.284 e. The fraction of sp³-hybridized carbons (Fsp3) is 0.174.